The maximum atomic E-state index is 13.5. The molecule has 24 heavy (non-hydrogen) atoms. The van der Waals surface area contributed by atoms with E-state index in [2.05, 4.69) is 10.9 Å². The molecule has 0 saturated carbocycles. The van der Waals surface area contributed by atoms with E-state index >= 15 is 0 Å². The van der Waals surface area contributed by atoms with Crippen LogP contribution in [0.4, 0.5) is 4.39 Å². The Hall–Kier alpha value is -2.45. The highest BCUT2D eigenvalue weighted by atomic mass is 35.5. The maximum absolute atomic E-state index is 13.5. The Morgan fingerprint density at radius 2 is 1.96 bits per heavy atom. The van der Waals surface area contributed by atoms with Gasteiger partial charge in [-0.3, -0.25) is 25.2 Å². The van der Waals surface area contributed by atoms with Gasteiger partial charge >= 0.3 is 5.97 Å². The third kappa shape index (κ3) is 5.04. The molecule has 0 atom stereocenters. The smallest absolute Gasteiger partial charge is 0.310 e. The molecule has 2 aromatic rings. The van der Waals surface area contributed by atoms with E-state index in [0.29, 0.717) is 4.88 Å². The second kappa shape index (κ2) is 8.42. The Morgan fingerprint density at radius 3 is 2.62 bits per heavy atom. The number of nitrogens with one attached hydrogen (secondary N) is 2. The molecule has 0 unspecified atom stereocenters. The summed E-state index contributed by atoms with van der Waals surface area (Å²) < 4.78 is 18.3. The summed E-state index contributed by atoms with van der Waals surface area (Å²) in [7, 11) is 0. The van der Waals surface area contributed by atoms with Crippen LogP contribution in [0.15, 0.2) is 35.7 Å². The van der Waals surface area contributed by atoms with Gasteiger partial charge in [-0.2, -0.15) is 0 Å². The van der Waals surface area contributed by atoms with Gasteiger partial charge in [0.1, 0.15) is 5.82 Å². The normalized spacial score (nSPS) is 10.1. The molecule has 0 aliphatic heterocycles. The van der Waals surface area contributed by atoms with E-state index in [4.69, 9.17) is 16.3 Å². The lowest BCUT2D eigenvalue weighted by atomic mass is 10.1. The van der Waals surface area contributed by atoms with Gasteiger partial charge in [0.2, 0.25) is 0 Å². The molecule has 0 aliphatic rings. The predicted molar refractivity (Wildman–Crippen MR) is 86.0 cm³/mol. The van der Waals surface area contributed by atoms with Crippen LogP contribution in [0.1, 0.15) is 15.2 Å². The predicted octanol–water partition coefficient (Wildman–Crippen LogP) is 2.09. The number of carbonyl (C=O) groups is 3. The van der Waals surface area contributed by atoms with Crippen LogP contribution in [0.2, 0.25) is 5.02 Å². The molecule has 1 heterocycles. The van der Waals surface area contributed by atoms with Crippen molar-refractivity contribution in [3.8, 4) is 0 Å². The van der Waals surface area contributed by atoms with Gasteiger partial charge in [-0.25, -0.2) is 4.39 Å². The van der Waals surface area contributed by atoms with Crippen molar-refractivity contribution in [2.75, 3.05) is 6.61 Å². The molecule has 6 nitrogen and oxygen atoms in total. The van der Waals surface area contributed by atoms with Crippen LogP contribution in [-0.2, 0) is 20.7 Å². The highest BCUT2D eigenvalue weighted by Crippen LogP contribution is 2.19. The number of halogens is 2. The Morgan fingerprint density at radius 1 is 1.17 bits per heavy atom. The Kier molecular flexibility index (Phi) is 6.28. The zero-order chi connectivity index (χ0) is 17.5. The number of rotatable bonds is 5. The quantitative estimate of drug-likeness (QED) is 0.623. The van der Waals surface area contributed by atoms with Crippen molar-refractivity contribution in [1.82, 2.24) is 10.9 Å². The molecule has 0 fully saturated rings. The van der Waals surface area contributed by atoms with Crippen molar-refractivity contribution in [2.24, 2.45) is 0 Å². The number of carbonyl (C=O) groups excluding carboxylic acids is 3. The molecule has 1 aromatic carbocycles. The van der Waals surface area contributed by atoms with Crippen LogP contribution in [0.25, 0.3) is 0 Å². The van der Waals surface area contributed by atoms with Crippen molar-refractivity contribution < 1.29 is 23.5 Å². The van der Waals surface area contributed by atoms with Gasteiger partial charge in [0.05, 0.1) is 11.3 Å². The number of hydrazine groups is 1. The zero-order valence-corrected chi connectivity index (χ0v) is 13.7. The number of benzene rings is 1. The van der Waals surface area contributed by atoms with Gasteiger partial charge < -0.3 is 4.74 Å². The van der Waals surface area contributed by atoms with Crippen LogP contribution in [0, 0.1) is 5.82 Å². The molecular weight excluding hydrogens is 359 g/mol. The largest absolute Gasteiger partial charge is 0.455 e. The average molecular weight is 371 g/mol. The second-order valence-electron chi connectivity index (χ2n) is 4.52. The monoisotopic (exact) mass is 370 g/mol. The molecule has 2 N–H and O–H groups in total. The van der Waals surface area contributed by atoms with Crippen LogP contribution in [0.5, 0.6) is 0 Å². The lowest BCUT2D eigenvalue weighted by molar-refractivity contribution is -0.148. The highest BCUT2D eigenvalue weighted by molar-refractivity contribution is 7.12. The van der Waals surface area contributed by atoms with Gasteiger partial charge in [-0.05, 0) is 23.6 Å². The van der Waals surface area contributed by atoms with E-state index in [1.54, 1.807) is 17.5 Å². The summed E-state index contributed by atoms with van der Waals surface area (Å²) in [4.78, 5) is 35.1. The molecule has 2 rings (SSSR count). The topological polar surface area (TPSA) is 84.5 Å². The lowest BCUT2D eigenvalue weighted by Crippen LogP contribution is -2.43. The Balaban J connectivity index is 1.75. The fourth-order valence-electron chi connectivity index (χ4n) is 1.67. The Bertz CT molecular complexity index is 732. The molecule has 0 spiro atoms. The average Bonchev–Trinajstić information content (AvgIpc) is 3.09. The van der Waals surface area contributed by atoms with E-state index in [-0.39, 0.29) is 10.6 Å². The van der Waals surface area contributed by atoms with Crippen molar-refractivity contribution in [3.05, 3.63) is 57.0 Å². The summed E-state index contributed by atoms with van der Waals surface area (Å²) in [6.45, 7) is -0.615. The number of hydrogen-bond donors (Lipinski definition) is 2. The van der Waals surface area contributed by atoms with Crippen molar-refractivity contribution in [2.45, 2.75) is 6.42 Å². The number of thiophene rings is 1. The van der Waals surface area contributed by atoms with Gasteiger partial charge in [0, 0.05) is 10.6 Å². The molecule has 0 radical (unpaired) electrons. The van der Waals surface area contributed by atoms with Crippen LogP contribution >= 0.6 is 22.9 Å². The third-order valence-electron chi connectivity index (χ3n) is 2.81. The molecule has 0 aliphatic carbocycles. The van der Waals surface area contributed by atoms with Crippen molar-refractivity contribution in [3.63, 3.8) is 0 Å². The van der Waals surface area contributed by atoms with Crippen molar-refractivity contribution >= 4 is 40.7 Å². The summed E-state index contributed by atoms with van der Waals surface area (Å²) in [5, 5.41) is 1.81. The molecular formula is C15H12ClFN2O4S. The van der Waals surface area contributed by atoms with Gasteiger partial charge in [-0.1, -0.05) is 23.7 Å². The lowest BCUT2D eigenvalue weighted by Gasteiger charge is -2.08. The molecule has 1 aromatic heterocycles. The first kappa shape index (κ1) is 17.9. The SMILES string of the molecule is O=C(COC(=O)Cc1c(F)cccc1Cl)NNC(=O)c1cccs1. The van der Waals surface area contributed by atoms with Crippen LogP contribution in [-0.4, -0.2) is 24.4 Å². The first-order valence-corrected chi connectivity index (χ1v) is 7.94. The fraction of sp³-hybridized carbons (Fsp3) is 0.133. The number of amides is 2. The number of esters is 1. The molecule has 126 valence electrons. The van der Waals surface area contributed by atoms with Crippen LogP contribution < -0.4 is 10.9 Å². The minimum absolute atomic E-state index is 0.00410. The molecule has 0 saturated heterocycles. The van der Waals surface area contributed by atoms with E-state index in [9.17, 15) is 18.8 Å². The van der Waals surface area contributed by atoms with E-state index in [1.165, 1.54) is 29.5 Å². The minimum Gasteiger partial charge on any atom is -0.455 e. The Labute approximate surface area is 145 Å². The van der Waals surface area contributed by atoms with E-state index < -0.39 is 36.6 Å². The minimum atomic E-state index is -0.818. The van der Waals surface area contributed by atoms with Crippen molar-refractivity contribution in [1.29, 1.82) is 0 Å². The zero-order valence-electron chi connectivity index (χ0n) is 12.2. The summed E-state index contributed by atoms with van der Waals surface area (Å²) in [5.41, 5.74) is 4.28. The summed E-state index contributed by atoms with van der Waals surface area (Å²) in [5.74, 6) is -2.66. The summed E-state index contributed by atoms with van der Waals surface area (Å²) >= 11 is 7.00. The molecule has 9 heteroatoms. The molecule has 2 amide bonds. The number of ether oxygens (including phenoxy) is 1. The molecule has 0 bridgehead atoms. The van der Waals surface area contributed by atoms with E-state index in [1.807, 2.05) is 0 Å². The summed E-state index contributed by atoms with van der Waals surface area (Å²) in [6, 6.07) is 7.30. The standard InChI is InChI=1S/C15H12ClFN2O4S/c16-10-3-1-4-11(17)9(10)7-14(21)23-8-13(20)18-19-15(22)12-5-2-6-24-12/h1-6H,7-8H2,(H,18,20)(H,19,22). The second-order valence-corrected chi connectivity index (χ2v) is 5.87. The fourth-order valence-corrected chi connectivity index (χ4v) is 2.52. The third-order valence-corrected chi connectivity index (χ3v) is 4.03. The van der Waals surface area contributed by atoms with Gasteiger partial charge in [-0.15, -0.1) is 11.3 Å². The number of hydrogen-bond acceptors (Lipinski definition) is 5. The van der Waals surface area contributed by atoms with Gasteiger partial charge in [0.25, 0.3) is 11.8 Å². The summed E-state index contributed by atoms with van der Waals surface area (Å²) in [6.07, 6.45) is -0.402. The van der Waals surface area contributed by atoms with E-state index in [0.717, 1.165) is 0 Å². The van der Waals surface area contributed by atoms with Gasteiger partial charge in [0.15, 0.2) is 6.61 Å². The first-order chi connectivity index (χ1) is 11.5. The first-order valence-electron chi connectivity index (χ1n) is 6.68. The highest BCUT2D eigenvalue weighted by Gasteiger charge is 2.15. The van der Waals surface area contributed by atoms with Crippen LogP contribution in [0.3, 0.4) is 0 Å². The maximum Gasteiger partial charge on any atom is 0.310 e.